The number of nitrogens with one attached hydrogen (secondary N) is 3. The first-order valence-electron chi connectivity index (χ1n) is 11.2. The molecule has 3 aromatic heterocycles. The smallest absolute Gasteiger partial charge is 0.319 e. The second-order valence-corrected chi connectivity index (χ2v) is 8.59. The Labute approximate surface area is 197 Å². The van der Waals surface area contributed by atoms with Crippen molar-refractivity contribution < 1.29 is 14.0 Å². The SMILES string of the molecule is CC(C)NC(=O)Nc1ccc(CNC(=O)c2cc(-c3ccco3)nc3c2cnn3C(C)C)cc1. The summed E-state index contributed by atoms with van der Waals surface area (Å²) in [5.74, 6) is 0.346. The van der Waals surface area contributed by atoms with Gasteiger partial charge in [0.2, 0.25) is 0 Å². The molecule has 1 aromatic carbocycles. The van der Waals surface area contributed by atoms with Crippen molar-refractivity contribution in [1.29, 1.82) is 0 Å². The van der Waals surface area contributed by atoms with E-state index in [2.05, 4.69) is 21.0 Å². The van der Waals surface area contributed by atoms with Gasteiger partial charge in [0, 0.05) is 24.3 Å². The van der Waals surface area contributed by atoms with E-state index in [0.717, 1.165) is 5.56 Å². The molecule has 3 N–H and O–H groups in total. The van der Waals surface area contributed by atoms with Gasteiger partial charge in [0.1, 0.15) is 5.69 Å². The number of aromatic nitrogens is 3. The number of pyridine rings is 1. The summed E-state index contributed by atoms with van der Waals surface area (Å²) in [7, 11) is 0. The van der Waals surface area contributed by atoms with E-state index < -0.39 is 0 Å². The van der Waals surface area contributed by atoms with Crippen molar-refractivity contribution in [2.45, 2.75) is 46.3 Å². The highest BCUT2D eigenvalue weighted by molar-refractivity contribution is 6.06. The lowest BCUT2D eigenvalue weighted by Crippen LogP contribution is -2.34. The second-order valence-electron chi connectivity index (χ2n) is 8.59. The number of fused-ring (bicyclic) bond motifs is 1. The molecule has 0 saturated carbocycles. The van der Waals surface area contributed by atoms with Gasteiger partial charge >= 0.3 is 6.03 Å². The van der Waals surface area contributed by atoms with Gasteiger partial charge in [0.15, 0.2) is 11.4 Å². The van der Waals surface area contributed by atoms with Gasteiger partial charge in [-0.25, -0.2) is 14.5 Å². The first kappa shape index (κ1) is 23.0. The number of benzene rings is 1. The molecule has 0 saturated heterocycles. The molecule has 3 heterocycles. The predicted molar refractivity (Wildman–Crippen MR) is 131 cm³/mol. The zero-order valence-electron chi connectivity index (χ0n) is 19.6. The number of hydrogen-bond acceptors (Lipinski definition) is 5. The Balaban J connectivity index is 1.52. The highest BCUT2D eigenvalue weighted by Gasteiger charge is 2.19. The van der Waals surface area contributed by atoms with Crippen LogP contribution in [0.2, 0.25) is 0 Å². The Morgan fingerprint density at radius 2 is 1.85 bits per heavy atom. The Hall–Kier alpha value is -4.14. The van der Waals surface area contributed by atoms with Gasteiger partial charge in [-0.15, -0.1) is 0 Å². The summed E-state index contributed by atoms with van der Waals surface area (Å²) in [5.41, 5.74) is 3.25. The third kappa shape index (κ3) is 5.09. The lowest BCUT2D eigenvalue weighted by atomic mass is 10.1. The molecule has 0 radical (unpaired) electrons. The molecule has 0 spiro atoms. The van der Waals surface area contributed by atoms with Gasteiger partial charge in [-0.2, -0.15) is 5.10 Å². The maximum absolute atomic E-state index is 13.2. The third-order valence-corrected chi connectivity index (χ3v) is 5.16. The number of amides is 3. The highest BCUT2D eigenvalue weighted by atomic mass is 16.3. The Bertz CT molecular complexity index is 1290. The van der Waals surface area contributed by atoms with E-state index >= 15 is 0 Å². The number of hydrogen-bond donors (Lipinski definition) is 3. The van der Waals surface area contributed by atoms with Gasteiger partial charge in [-0.3, -0.25) is 4.79 Å². The van der Waals surface area contributed by atoms with Gasteiger partial charge in [0.25, 0.3) is 5.91 Å². The van der Waals surface area contributed by atoms with Crippen LogP contribution >= 0.6 is 0 Å². The minimum absolute atomic E-state index is 0.0510. The molecule has 0 fully saturated rings. The summed E-state index contributed by atoms with van der Waals surface area (Å²) in [6.07, 6.45) is 3.25. The number of urea groups is 1. The minimum atomic E-state index is -0.257. The zero-order valence-corrected chi connectivity index (χ0v) is 19.6. The van der Waals surface area contributed by atoms with Crippen LogP contribution < -0.4 is 16.0 Å². The summed E-state index contributed by atoms with van der Waals surface area (Å²) < 4.78 is 7.30. The second kappa shape index (κ2) is 9.78. The fourth-order valence-electron chi connectivity index (χ4n) is 3.55. The molecular formula is C25H28N6O3. The third-order valence-electron chi connectivity index (χ3n) is 5.16. The molecule has 0 aliphatic rings. The molecule has 9 heteroatoms. The number of anilines is 1. The average Bonchev–Trinajstić information content (AvgIpc) is 3.47. The molecule has 4 rings (SSSR count). The fraction of sp³-hybridized carbons (Fsp3) is 0.280. The van der Waals surface area contributed by atoms with Crippen LogP contribution in [0.5, 0.6) is 0 Å². The monoisotopic (exact) mass is 460 g/mol. The summed E-state index contributed by atoms with van der Waals surface area (Å²) in [4.78, 5) is 29.7. The van der Waals surface area contributed by atoms with E-state index in [1.807, 2.05) is 45.9 Å². The van der Waals surface area contributed by atoms with Crippen LogP contribution in [0.15, 0.2) is 59.3 Å². The van der Waals surface area contributed by atoms with E-state index in [1.54, 1.807) is 41.4 Å². The van der Waals surface area contributed by atoms with Crippen molar-refractivity contribution in [3.8, 4) is 11.5 Å². The van der Waals surface area contributed by atoms with E-state index in [0.29, 0.717) is 40.3 Å². The van der Waals surface area contributed by atoms with Crippen LogP contribution in [-0.4, -0.2) is 32.7 Å². The lowest BCUT2D eigenvalue weighted by molar-refractivity contribution is 0.0952. The molecule has 176 valence electrons. The van der Waals surface area contributed by atoms with E-state index in [1.165, 1.54) is 0 Å². The van der Waals surface area contributed by atoms with Crippen LogP contribution in [-0.2, 0) is 6.54 Å². The fourth-order valence-corrected chi connectivity index (χ4v) is 3.55. The number of rotatable bonds is 7. The van der Waals surface area contributed by atoms with Crippen molar-refractivity contribution in [1.82, 2.24) is 25.4 Å². The number of furan rings is 1. The molecule has 0 bridgehead atoms. The maximum atomic E-state index is 13.2. The topological polar surface area (TPSA) is 114 Å². The zero-order chi connectivity index (χ0) is 24.2. The van der Waals surface area contributed by atoms with Gasteiger partial charge in [0.05, 0.1) is 23.4 Å². The van der Waals surface area contributed by atoms with Crippen molar-refractivity contribution >= 4 is 28.7 Å². The molecule has 34 heavy (non-hydrogen) atoms. The van der Waals surface area contributed by atoms with Crippen molar-refractivity contribution in [2.24, 2.45) is 0 Å². The highest BCUT2D eigenvalue weighted by Crippen LogP contribution is 2.26. The van der Waals surface area contributed by atoms with Crippen molar-refractivity contribution in [2.75, 3.05) is 5.32 Å². The first-order chi connectivity index (χ1) is 16.3. The number of nitrogens with zero attached hydrogens (tertiary/aromatic N) is 3. The van der Waals surface area contributed by atoms with Gasteiger partial charge in [-0.1, -0.05) is 12.1 Å². The predicted octanol–water partition coefficient (Wildman–Crippen LogP) is 4.73. The first-order valence-corrected chi connectivity index (χ1v) is 11.2. The Kier molecular flexibility index (Phi) is 6.62. The quantitative estimate of drug-likeness (QED) is 0.369. The van der Waals surface area contributed by atoms with Crippen LogP contribution in [0, 0.1) is 0 Å². The summed E-state index contributed by atoms with van der Waals surface area (Å²) in [5, 5.41) is 13.6. The van der Waals surface area contributed by atoms with Gasteiger partial charge in [-0.05, 0) is 63.6 Å². The molecule has 0 aliphatic carbocycles. The van der Waals surface area contributed by atoms with E-state index in [4.69, 9.17) is 9.40 Å². The maximum Gasteiger partial charge on any atom is 0.319 e. The standard InChI is InChI=1S/C25H28N6O3/c1-15(2)28-25(33)29-18-9-7-17(8-10-18)13-26-24(32)19-12-21(22-6-5-11-34-22)30-23-20(19)14-27-31(23)16(3)4/h5-12,14-16H,13H2,1-4H3,(H,26,32)(H2,28,29,33). The summed E-state index contributed by atoms with van der Waals surface area (Å²) >= 11 is 0. The normalized spacial score (nSPS) is 11.2. The van der Waals surface area contributed by atoms with Crippen molar-refractivity contribution in [3.05, 3.63) is 66.1 Å². The van der Waals surface area contributed by atoms with Gasteiger partial charge < -0.3 is 20.4 Å². The van der Waals surface area contributed by atoms with E-state index in [-0.39, 0.29) is 24.0 Å². The van der Waals surface area contributed by atoms with Crippen LogP contribution in [0.25, 0.3) is 22.5 Å². The largest absolute Gasteiger partial charge is 0.463 e. The molecule has 3 amide bonds. The lowest BCUT2D eigenvalue weighted by Gasteiger charge is -2.11. The molecular weight excluding hydrogens is 432 g/mol. The molecule has 0 aliphatic heterocycles. The van der Waals surface area contributed by atoms with Crippen molar-refractivity contribution in [3.63, 3.8) is 0 Å². The Morgan fingerprint density at radius 1 is 1.09 bits per heavy atom. The molecule has 0 unspecified atom stereocenters. The van der Waals surface area contributed by atoms with Crippen LogP contribution in [0.3, 0.4) is 0 Å². The molecule has 0 atom stereocenters. The van der Waals surface area contributed by atoms with Crippen LogP contribution in [0.1, 0.15) is 49.7 Å². The number of carbonyl (C=O) groups is 2. The Morgan fingerprint density at radius 3 is 2.50 bits per heavy atom. The summed E-state index contributed by atoms with van der Waals surface area (Å²) in [6, 6.07) is 12.5. The number of carbonyl (C=O) groups excluding carboxylic acids is 2. The molecule has 9 nitrogen and oxygen atoms in total. The molecule has 4 aromatic rings. The van der Waals surface area contributed by atoms with E-state index in [9.17, 15) is 9.59 Å². The summed E-state index contributed by atoms with van der Waals surface area (Å²) in [6.45, 7) is 8.15. The van der Waals surface area contributed by atoms with Crippen LogP contribution in [0.4, 0.5) is 10.5 Å². The minimum Gasteiger partial charge on any atom is -0.463 e. The average molecular weight is 461 g/mol.